The van der Waals surface area contributed by atoms with E-state index >= 15 is 0 Å². The molecule has 2 amide bonds. The van der Waals surface area contributed by atoms with Gasteiger partial charge in [-0.15, -0.1) is 11.3 Å². The van der Waals surface area contributed by atoms with Crippen LogP contribution in [-0.2, 0) is 0 Å². The number of nitrogens with one attached hydrogen (secondary N) is 1. The van der Waals surface area contributed by atoms with Crippen LogP contribution in [0, 0.1) is 12.8 Å². The summed E-state index contributed by atoms with van der Waals surface area (Å²) in [5.74, 6) is 1.50. The van der Waals surface area contributed by atoms with Gasteiger partial charge in [-0.05, 0) is 32.6 Å². The van der Waals surface area contributed by atoms with Crippen molar-refractivity contribution in [3.05, 3.63) is 23.3 Å². The monoisotopic (exact) mass is 360 g/mol. The van der Waals surface area contributed by atoms with E-state index in [1.165, 1.54) is 12.8 Å². The van der Waals surface area contributed by atoms with Gasteiger partial charge in [0.2, 0.25) is 0 Å². The van der Waals surface area contributed by atoms with Crippen LogP contribution in [0.2, 0.25) is 0 Å². The van der Waals surface area contributed by atoms with E-state index < -0.39 is 0 Å². The number of aryl methyl sites for hydroxylation is 1. The van der Waals surface area contributed by atoms with Crippen molar-refractivity contribution in [3.8, 4) is 0 Å². The fourth-order valence-corrected chi connectivity index (χ4v) is 4.06. The second-order valence-corrected chi connectivity index (χ2v) is 7.79. The molecule has 1 saturated carbocycles. The molecule has 1 atom stereocenters. The van der Waals surface area contributed by atoms with Crippen LogP contribution in [0.25, 0.3) is 0 Å². The molecule has 2 aromatic rings. The molecule has 0 aromatic carbocycles. The standard InChI is InChI=1S/C17H24N6OS/c1-12-11-15(23(20-12)13(2)14-3-4-14)19-16(24)21-6-8-22(9-7-21)17-18-5-10-25-17/h5,10-11,13-14H,3-4,6-9H2,1-2H3,(H,19,24)/t13-/m0/s1. The third-order valence-corrected chi connectivity index (χ3v) is 5.87. The van der Waals surface area contributed by atoms with Gasteiger partial charge in [0.15, 0.2) is 5.13 Å². The van der Waals surface area contributed by atoms with Gasteiger partial charge in [-0.1, -0.05) is 0 Å². The minimum Gasteiger partial charge on any atom is -0.345 e. The predicted molar refractivity (Wildman–Crippen MR) is 99.3 cm³/mol. The average Bonchev–Trinajstić information content (AvgIpc) is 3.19. The third kappa shape index (κ3) is 3.49. The van der Waals surface area contributed by atoms with Crippen LogP contribution in [0.3, 0.4) is 0 Å². The van der Waals surface area contributed by atoms with E-state index in [4.69, 9.17) is 0 Å². The molecule has 1 N–H and O–H groups in total. The van der Waals surface area contributed by atoms with E-state index in [0.29, 0.717) is 25.0 Å². The quantitative estimate of drug-likeness (QED) is 0.910. The fourth-order valence-electron chi connectivity index (χ4n) is 3.36. The molecule has 0 bridgehead atoms. The van der Waals surface area contributed by atoms with Gasteiger partial charge in [-0.25, -0.2) is 14.5 Å². The van der Waals surface area contributed by atoms with Crippen molar-refractivity contribution in [1.29, 1.82) is 0 Å². The van der Waals surface area contributed by atoms with Crippen molar-refractivity contribution in [3.63, 3.8) is 0 Å². The maximum absolute atomic E-state index is 12.7. The molecule has 134 valence electrons. The maximum Gasteiger partial charge on any atom is 0.323 e. The first-order chi connectivity index (χ1) is 12.1. The Labute approximate surface area is 151 Å². The molecule has 0 radical (unpaired) electrons. The summed E-state index contributed by atoms with van der Waals surface area (Å²) < 4.78 is 1.98. The van der Waals surface area contributed by atoms with Crippen LogP contribution < -0.4 is 10.2 Å². The normalized spacial score (nSPS) is 19.1. The molecular formula is C17H24N6OS. The molecule has 0 spiro atoms. The Morgan fingerprint density at radius 2 is 2.08 bits per heavy atom. The van der Waals surface area contributed by atoms with Crippen molar-refractivity contribution in [2.24, 2.45) is 5.92 Å². The zero-order valence-electron chi connectivity index (χ0n) is 14.7. The maximum atomic E-state index is 12.7. The van der Waals surface area contributed by atoms with Crippen LogP contribution in [0.1, 0.15) is 31.5 Å². The largest absolute Gasteiger partial charge is 0.345 e. The van der Waals surface area contributed by atoms with Gasteiger partial charge in [0.05, 0.1) is 11.7 Å². The van der Waals surface area contributed by atoms with Crippen molar-refractivity contribution >= 4 is 28.3 Å². The summed E-state index contributed by atoms with van der Waals surface area (Å²) in [7, 11) is 0. The average molecular weight is 360 g/mol. The summed E-state index contributed by atoms with van der Waals surface area (Å²) in [5.41, 5.74) is 0.941. The minimum atomic E-state index is -0.0389. The topological polar surface area (TPSA) is 66.3 Å². The van der Waals surface area contributed by atoms with E-state index in [0.717, 1.165) is 29.7 Å². The van der Waals surface area contributed by atoms with Crippen molar-refractivity contribution in [1.82, 2.24) is 19.7 Å². The molecule has 25 heavy (non-hydrogen) atoms. The molecule has 2 fully saturated rings. The Bertz CT molecular complexity index is 730. The van der Waals surface area contributed by atoms with E-state index in [1.54, 1.807) is 11.3 Å². The first kappa shape index (κ1) is 16.4. The highest BCUT2D eigenvalue weighted by atomic mass is 32.1. The number of anilines is 2. The highest BCUT2D eigenvalue weighted by Crippen LogP contribution is 2.40. The van der Waals surface area contributed by atoms with Gasteiger partial charge in [-0.2, -0.15) is 5.10 Å². The Balaban J connectivity index is 1.38. The zero-order chi connectivity index (χ0) is 17.4. The minimum absolute atomic E-state index is 0.0389. The first-order valence-corrected chi connectivity index (χ1v) is 9.76. The van der Waals surface area contributed by atoms with Crippen LogP contribution in [0.4, 0.5) is 15.7 Å². The molecule has 3 heterocycles. The van der Waals surface area contributed by atoms with Crippen LogP contribution in [0.15, 0.2) is 17.6 Å². The number of hydrogen-bond donors (Lipinski definition) is 1. The van der Waals surface area contributed by atoms with Crippen molar-refractivity contribution in [2.45, 2.75) is 32.7 Å². The number of piperazine rings is 1. The van der Waals surface area contributed by atoms with Gasteiger partial charge in [0.1, 0.15) is 5.82 Å². The van der Waals surface area contributed by atoms with E-state index in [1.807, 2.05) is 34.1 Å². The Kier molecular flexibility index (Phi) is 4.37. The van der Waals surface area contributed by atoms with Gasteiger partial charge >= 0.3 is 6.03 Å². The smallest absolute Gasteiger partial charge is 0.323 e. The van der Waals surface area contributed by atoms with Gasteiger partial charge in [0, 0.05) is 43.8 Å². The number of thiazole rings is 1. The lowest BCUT2D eigenvalue weighted by atomic mass is 10.2. The lowest BCUT2D eigenvalue weighted by molar-refractivity contribution is 0.208. The Morgan fingerprint density at radius 3 is 2.72 bits per heavy atom. The molecule has 1 aliphatic carbocycles. The number of rotatable bonds is 4. The second kappa shape index (κ2) is 6.67. The second-order valence-electron chi connectivity index (χ2n) is 6.91. The summed E-state index contributed by atoms with van der Waals surface area (Å²) >= 11 is 1.64. The van der Waals surface area contributed by atoms with Gasteiger partial charge in [-0.3, -0.25) is 5.32 Å². The highest BCUT2D eigenvalue weighted by molar-refractivity contribution is 7.13. The summed E-state index contributed by atoms with van der Waals surface area (Å²) in [4.78, 5) is 21.1. The summed E-state index contributed by atoms with van der Waals surface area (Å²) in [5, 5.41) is 10.7. The van der Waals surface area contributed by atoms with Gasteiger partial charge < -0.3 is 9.80 Å². The van der Waals surface area contributed by atoms with E-state index in [2.05, 4.69) is 27.2 Å². The van der Waals surface area contributed by atoms with E-state index in [9.17, 15) is 4.79 Å². The van der Waals surface area contributed by atoms with Crippen molar-refractivity contribution < 1.29 is 4.79 Å². The highest BCUT2D eigenvalue weighted by Gasteiger charge is 2.31. The van der Waals surface area contributed by atoms with Crippen LogP contribution in [0.5, 0.6) is 0 Å². The molecule has 2 aliphatic rings. The number of nitrogens with zero attached hydrogens (tertiary/aromatic N) is 5. The number of aromatic nitrogens is 3. The van der Waals surface area contributed by atoms with E-state index in [-0.39, 0.29) is 6.03 Å². The molecule has 1 aliphatic heterocycles. The lowest BCUT2D eigenvalue weighted by Gasteiger charge is -2.34. The fraction of sp³-hybridized carbons (Fsp3) is 0.588. The molecule has 8 heteroatoms. The number of hydrogen-bond acceptors (Lipinski definition) is 5. The summed E-state index contributed by atoms with van der Waals surface area (Å²) in [6.07, 6.45) is 4.34. The third-order valence-electron chi connectivity index (χ3n) is 5.04. The van der Waals surface area contributed by atoms with Crippen LogP contribution >= 0.6 is 11.3 Å². The first-order valence-electron chi connectivity index (χ1n) is 8.88. The predicted octanol–water partition coefficient (Wildman–Crippen LogP) is 2.97. The molecular weight excluding hydrogens is 336 g/mol. The number of carbonyl (C=O) groups excluding carboxylic acids is 1. The number of carbonyl (C=O) groups is 1. The lowest BCUT2D eigenvalue weighted by Crippen LogP contribution is -2.50. The molecule has 1 saturated heterocycles. The summed E-state index contributed by atoms with van der Waals surface area (Å²) in [6.45, 7) is 7.20. The van der Waals surface area contributed by atoms with Crippen LogP contribution in [-0.4, -0.2) is 51.9 Å². The number of amides is 2. The Hall–Kier alpha value is -2.09. The molecule has 4 rings (SSSR count). The molecule has 0 unspecified atom stereocenters. The molecule has 7 nitrogen and oxygen atoms in total. The van der Waals surface area contributed by atoms with Crippen molar-refractivity contribution in [2.75, 3.05) is 36.4 Å². The van der Waals surface area contributed by atoms with Gasteiger partial charge in [0.25, 0.3) is 0 Å². The molecule has 2 aromatic heterocycles. The SMILES string of the molecule is Cc1cc(NC(=O)N2CCN(c3nccs3)CC2)n([C@@H](C)C2CC2)n1. The summed E-state index contributed by atoms with van der Waals surface area (Å²) in [6, 6.07) is 2.26. The Morgan fingerprint density at radius 1 is 1.32 bits per heavy atom. The number of urea groups is 1. The zero-order valence-corrected chi connectivity index (χ0v) is 15.5.